The van der Waals surface area contributed by atoms with Gasteiger partial charge in [-0.15, -0.1) is 10.2 Å². The fourth-order valence-corrected chi connectivity index (χ4v) is 2.38. The van der Waals surface area contributed by atoms with Crippen LogP contribution in [0.4, 0.5) is 0 Å². The molecule has 2 heterocycles. The topological polar surface area (TPSA) is 71.7 Å². The van der Waals surface area contributed by atoms with Gasteiger partial charge in [0.05, 0.1) is 12.7 Å². The third kappa shape index (κ3) is 2.80. The van der Waals surface area contributed by atoms with Crippen molar-refractivity contribution in [2.45, 2.75) is 0 Å². The number of ether oxygens (including phenoxy) is 1. The van der Waals surface area contributed by atoms with Crippen LogP contribution in [-0.2, 0) is 0 Å². The van der Waals surface area contributed by atoms with E-state index in [4.69, 9.17) is 9.15 Å². The summed E-state index contributed by atoms with van der Waals surface area (Å²) in [5.74, 6) is 0.715. The number of amides is 1. The number of carbonyl (C=O) groups excluding carboxylic acids is 1. The molecule has 0 aliphatic carbocycles. The second-order valence-corrected chi connectivity index (χ2v) is 5.21. The first-order chi connectivity index (χ1) is 10.7. The molecule has 116 valence electrons. The molecule has 0 bridgehead atoms. The number of aromatic nitrogens is 2. The summed E-state index contributed by atoms with van der Waals surface area (Å²) in [5.41, 5.74) is 0.676. The molecule has 1 amide bonds. The molecule has 3 rings (SSSR count). The number of piperazine rings is 1. The van der Waals surface area contributed by atoms with Crippen molar-refractivity contribution in [2.24, 2.45) is 0 Å². The Morgan fingerprint density at radius 2 is 1.91 bits per heavy atom. The Hall–Kier alpha value is -2.41. The first-order valence-corrected chi connectivity index (χ1v) is 7.14. The van der Waals surface area contributed by atoms with Crippen molar-refractivity contribution in [1.29, 1.82) is 0 Å². The fraction of sp³-hybridized carbons (Fsp3) is 0.400. The maximum Gasteiger partial charge on any atom is 0.311 e. The molecule has 7 nitrogen and oxygen atoms in total. The van der Waals surface area contributed by atoms with Crippen LogP contribution in [0.25, 0.3) is 11.5 Å². The highest BCUT2D eigenvalue weighted by Gasteiger charge is 2.25. The molecule has 0 saturated carbocycles. The van der Waals surface area contributed by atoms with Gasteiger partial charge < -0.3 is 19.0 Å². The van der Waals surface area contributed by atoms with Gasteiger partial charge in [0.25, 0.3) is 5.89 Å². The molecule has 1 aromatic heterocycles. The van der Waals surface area contributed by atoms with Crippen LogP contribution in [0.3, 0.4) is 0 Å². The van der Waals surface area contributed by atoms with Crippen molar-refractivity contribution >= 4 is 5.91 Å². The van der Waals surface area contributed by atoms with Crippen molar-refractivity contribution in [2.75, 3.05) is 40.3 Å². The van der Waals surface area contributed by atoms with Gasteiger partial charge in [0.15, 0.2) is 0 Å². The van der Waals surface area contributed by atoms with Gasteiger partial charge in [0.2, 0.25) is 0 Å². The zero-order chi connectivity index (χ0) is 15.5. The number of rotatable bonds is 3. The standard InChI is InChI=1S/C15H18N4O3/c1-18-7-9-19(10-8-18)15(20)14-17-16-13(22-14)11-5-3-4-6-12(11)21-2/h3-6H,7-10H2,1-2H3. The van der Waals surface area contributed by atoms with Crippen molar-refractivity contribution in [1.82, 2.24) is 20.0 Å². The number of methoxy groups -OCH3 is 1. The molecule has 1 aromatic carbocycles. The first kappa shape index (κ1) is 14.5. The predicted molar refractivity (Wildman–Crippen MR) is 79.7 cm³/mol. The van der Waals surface area contributed by atoms with Crippen molar-refractivity contribution in [3.8, 4) is 17.2 Å². The molecule has 0 radical (unpaired) electrons. The van der Waals surface area contributed by atoms with E-state index >= 15 is 0 Å². The van der Waals surface area contributed by atoms with Gasteiger partial charge in [-0.2, -0.15) is 0 Å². The number of para-hydroxylation sites is 1. The zero-order valence-corrected chi connectivity index (χ0v) is 12.7. The van der Waals surface area contributed by atoms with Crippen LogP contribution >= 0.6 is 0 Å². The summed E-state index contributed by atoms with van der Waals surface area (Å²) in [5, 5.41) is 7.86. The Balaban J connectivity index is 1.80. The molecule has 0 unspecified atom stereocenters. The molecular weight excluding hydrogens is 284 g/mol. The number of hydrogen-bond donors (Lipinski definition) is 0. The van der Waals surface area contributed by atoms with Gasteiger partial charge in [-0.05, 0) is 19.2 Å². The summed E-state index contributed by atoms with van der Waals surface area (Å²) < 4.78 is 10.8. The molecule has 22 heavy (non-hydrogen) atoms. The summed E-state index contributed by atoms with van der Waals surface area (Å²) in [6, 6.07) is 7.33. The van der Waals surface area contributed by atoms with Gasteiger partial charge in [-0.1, -0.05) is 12.1 Å². The van der Waals surface area contributed by atoms with Gasteiger partial charge in [-0.3, -0.25) is 4.79 Å². The lowest BCUT2D eigenvalue weighted by molar-refractivity contribution is 0.0625. The molecule has 2 aromatic rings. The highest BCUT2D eigenvalue weighted by molar-refractivity contribution is 5.90. The maximum atomic E-state index is 12.4. The largest absolute Gasteiger partial charge is 0.496 e. The van der Waals surface area contributed by atoms with Crippen LogP contribution in [0.2, 0.25) is 0 Å². The van der Waals surface area contributed by atoms with Gasteiger partial charge in [0, 0.05) is 26.2 Å². The lowest BCUT2D eigenvalue weighted by Gasteiger charge is -2.31. The Kier molecular flexibility index (Phi) is 4.06. The summed E-state index contributed by atoms with van der Waals surface area (Å²) in [4.78, 5) is 16.3. The average molecular weight is 302 g/mol. The monoisotopic (exact) mass is 302 g/mol. The van der Waals surface area contributed by atoms with E-state index in [1.165, 1.54) is 0 Å². The second kappa shape index (κ2) is 6.15. The van der Waals surface area contributed by atoms with Crippen molar-refractivity contribution in [3.05, 3.63) is 30.2 Å². The van der Waals surface area contributed by atoms with Crippen LogP contribution in [0.15, 0.2) is 28.7 Å². The normalized spacial score (nSPS) is 15.8. The number of carbonyl (C=O) groups is 1. The Labute approximate surface area is 128 Å². The summed E-state index contributed by atoms with van der Waals surface area (Å²) in [6.45, 7) is 3.03. The number of benzene rings is 1. The molecule has 0 N–H and O–H groups in total. The zero-order valence-electron chi connectivity index (χ0n) is 12.7. The third-order valence-corrected chi connectivity index (χ3v) is 3.74. The molecule has 7 heteroatoms. The first-order valence-electron chi connectivity index (χ1n) is 7.14. The predicted octanol–water partition coefficient (Wildman–Crippen LogP) is 1.13. The van der Waals surface area contributed by atoms with E-state index < -0.39 is 0 Å². The quantitative estimate of drug-likeness (QED) is 0.846. The molecule has 1 aliphatic heterocycles. The Morgan fingerprint density at radius 3 is 2.64 bits per heavy atom. The van der Waals surface area contributed by atoms with Crippen LogP contribution in [0.5, 0.6) is 5.75 Å². The van der Waals surface area contributed by atoms with E-state index in [-0.39, 0.29) is 17.7 Å². The molecule has 0 atom stereocenters. The second-order valence-electron chi connectivity index (χ2n) is 5.21. The Bertz CT molecular complexity index is 662. The Morgan fingerprint density at radius 1 is 1.18 bits per heavy atom. The summed E-state index contributed by atoms with van der Waals surface area (Å²) >= 11 is 0. The van der Waals surface area contributed by atoms with Gasteiger partial charge >= 0.3 is 11.8 Å². The van der Waals surface area contributed by atoms with E-state index in [0.717, 1.165) is 13.1 Å². The van der Waals surface area contributed by atoms with Crippen LogP contribution in [0, 0.1) is 0 Å². The average Bonchev–Trinajstić information content (AvgIpc) is 3.04. The van der Waals surface area contributed by atoms with Crippen LogP contribution in [0.1, 0.15) is 10.7 Å². The van der Waals surface area contributed by atoms with E-state index in [1.807, 2.05) is 31.3 Å². The maximum absolute atomic E-state index is 12.4. The van der Waals surface area contributed by atoms with E-state index in [9.17, 15) is 4.79 Å². The smallest absolute Gasteiger partial charge is 0.311 e. The highest BCUT2D eigenvalue weighted by Crippen LogP contribution is 2.28. The lowest BCUT2D eigenvalue weighted by atomic mass is 10.2. The van der Waals surface area contributed by atoms with Crippen LogP contribution < -0.4 is 4.74 Å². The van der Waals surface area contributed by atoms with Gasteiger partial charge in [-0.25, -0.2) is 0 Å². The molecule has 1 saturated heterocycles. The minimum absolute atomic E-state index is 0.0189. The molecule has 1 aliphatic rings. The summed E-state index contributed by atoms with van der Waals surface area (Å²) in [6.07, 6.45) is 0. The van der Waals surface area contributed by atoms with Crippen molar-refractivity contribution in [3.63, 3.8) is 0 Å². The molecule has 0 spiro atoms. The van der Waals surface area contributed by atoms with E-state index in [2.05, 4.69) is 15.1 Å². The lowest BCUT2D eigenvalue weighted by Crippen LogP contribution is -2.47. The van der Waals surface area contributed by atoms with E-state index in [0.29, 0.717) is 24.4 Å². The van der Waals surface area contributed by atoms with Crippen molar-refractivity contribution < 1.29 is 13.9 Å². The number of likely N-dealkylation sites (N-methyl/N-ethyl adjacent to an activating group) is 1. The van der Waals surface area contributed by atoms with E-state index in [1.54, 1.807) is 12.0 Å². The third-order valence-electron chi connectivity index (χ3n) is 3.74. The van der Waals surface area contributed by atoms with Gasteiger partial charge in [0.1, 0.15) is 5.75 Å². The van der Waals surface area contributed by atoms with Crippen LogP contribution in [-0.4, -0.2) is 66.2 Å². The SMILES string of the molecule is COc1ccccc1-c1nnc(C(=O)N2CCN(C)CC2)o1. The fourth-order valence-electron chi connectivity index (χ4n) is 2.38. The highest BCUT2D eigenvalue weighted by atomic mass is 16.5. The molecule has 1 fully saturated rings. The summed E-state index contributed by atoms with van der Waals surface area (Å²) in [7, 11) is 3.61. The minimum atomic E-state index is -0.221. The number of hydrogen-bond acceptors (Lipinski definition) is 6. The minimum Gasteiger partial charge on any atom is -0.496 e. The molecular formula is C15H18N4O3. The number of nitrogens with zero attached hydrogens (tertiary/aromatic N) is 4.